The van der Waals surface area contributed by atoms with E-state index in [4.69, 9.17) is 5.11 Å². The number of aromatic nitrogens is 3. The number of nitrogens with zero attached hydrogens (tertiary/aromatic N) is 2. The molecule has 1 aliphatic carbocycles. The van der Waals surface area contributed by atoms with Gasteiger partial charge in [-0.3, -0.25) is 0 Å². The zero-order valence-corrected chi connectivity index (χ0v) is 9.31. The van der Waals surface area contributed by atoms with E-state index >= 15 is 0 Å². The molecule has 0 aliphatic heterocycles. The summed E-state index contributed by atoms with van der Waals surface area (Å²) < 4.78 is 0. The van der Waals surface area contributed by atoms with Crippen molar-refractivity contribution in [3.63, 3.8) is 0 Å². The fraction of sp³-hybridized carbons (Fsp3) is 0.417. The Morgan fingerprint density at radius 3 is 2.76 bits per heavy atom. The van der Waals surface area contributed by atoms with Crippen molar-refractivity contribution >= 4 is 17.1 Å². The molecule has 2 aromatic heterocycles. The molecule has 5 heteroatoms. The fourth-order valence-corrected chi connectivity index (χ4v) is 2.42. The zero-order valence-electron chi connectivity index (χ0n) is 9.31. The number of rotatable bonds is 2. The van der Waals surface area contributed by atoms with E-state index in [1.807, 2.05) is 0 Å². The third-order valence-electron chi connectivity index (χ3n) is 3.33. The second kappa shape index (κ2) is 3.84. The van der Waals surface area contributed by atoms with E-state index in [1.54, 1.807) is 6.07 Å². The summed E-state index contributed by atoms with van der Waals surface area (Å²) in [7, 11) is 0. The van der Waals surface area contributed by atoms with Crippen molar-refractivity contribution in [1.82, 2.24) is 15.0 Å². The molecule has 0 atom stereocenters. The molecule has 0 radical (unpaired) electrons. The van der Waals surface area contributed by atoms with E-state index < -0.39 is 5.97 Å². The molecule has 0 bridgehead atoms. The van der Waals surface area contributed by atoms with Gasteiger partial charge in [0.15, 0.2) is 11.3 Å². The number of carbonyl (C=O) groups is 1. The van der Waals surface area contributed by atoms with Gasteiger partial charge in [0.2, 0.25) is 0 Å². The van der Waals surface area contributed by atoms with Crippen LogP contribution < -0.4 is 0 Å². The molecular weight excluding hydrogens is 218 g/mol. The number of imidazole rings is 1. The number of H-pyrrole nitrogens is 1. The number of carboxylic acids is 1. The number of hydrogen-bond donors (Lipinski definition) is 2. The molecule has 5 nitrogen and oxygen atoms in total. The minimum Gasteiger partial charge on any atom is -0.477 e. The van der Waals surface area contributed by atoms with Gasteiger partial charge in [0, 0.05) is 5.92 Å². The Morgan fingerprint density at radius 2 is 2.06 bits per heavy atom. The minimum atomic E-state index is -1.02. The number of nitrogens with one attached hydrogen (secondary N) is 1. The van der Waals surface area contributed by atoms with Crippen molar-refractivity contribution in [3.05, 3.63) is 23.7 Å². The van der Waals surface area contributed by atoms with Gasteiger partial charge in [-0.05, 0) is 25.0 Å². The Labute approximate surface area is 97.9 Å². The predicted molar refractivity (Wildman–Crippen MR) is 62.1 cm³/mol. The number of hydrogen-bond acceptors (Lipinski definition) is 3. The molecule has 0 spiro atoms. The maximum Gasteiger partial charge on any atom is 0.354 e. The first-order valence-corrected chi connectivity index (χ1v) is 5.84. The number of carboxylic acid groups (broad SMARTS) is 1. The highest BCUT2D eigenvalue weighted by Gasteiger charge is 2.20. The van der Waals surface area contributed by atoms with Gasteiger partial charge in [0.1, 0.15) is 5.82 Å². The fourth-order valence-electron chi connectivity index (χ4n) is 2.42. The first-order valence-electron chi connectivity index (χ1n) is 5.84. The zero-order chi connectivity index (χ0) is 11.8. The maximum absolute atomic E-state index is 10.8. The van der Waals surface area contributed by atoms with Crippen molar-refractivity contribution in [2.75, 3.05) is 0 Å². The highest BCUT2D eigenvalue weighted by atomic mass is 16.4. The molecule has 2 heterocycles. The van der Waals surface area contributed by atoms with E-state index in [1.165, 1.54) is 18.9 Å². The van der Waals surface area contributed by atoms with Crippen LogP contribution in [0, 0.1) is 0 Å². The molecule has 17 heavy (non-hydrogen) atoms. The second-order valence-corrected chi connectivity index (χ2v) is 4.48. The van der Waals surface area contributed by atoms with Crippen LogP contribution in [0.25, 0.3) is 11.2 Å². The molecule has 2 N–H and O–H groups in total. The molecule has 1 aliphatic rings. The number of aromatic carboxylic acids is 1. The highest BCUT2D eigenvalue weighted by Crippen LogP contribution is 2.33. The van der Waals surface area contributed by atoms with Crippen LogP contribution >= 0.6 is 0 Å². The predicted octanol–water partition coefficient (Wildman–Crippen LogP) is 2.31. The van der Waals surface area contributed by atoms with E-state index in [9.17, 15) is 4.79 Å². The Balaban J connectivity index is 2.03. The lowest BCUT2D eigenvalue weighted by atomic mass is 10.1. The summed E-state index contributed by atoms with van der Waals surface area (Å²) in [6.07, 6.45) is 4.81. The molecule has 0 aromatic carbocycles. The van der Waals surface area contributed by atoms with E-state index in [0.717, 1.165) is 24.2 Å². The van der Waals surface area contributed by atoms with Gasteiger partial charge in [-0.2, -0.15) is 0 Å². The summed E-state index contributed by atoms with van der Waals surface area (Å²) in [6, 6.07) is 3.23. The van der Waals surface area contributed by atoms with Crippen molar-refractivity contribution in [2.45, 2.75) is 31.6 Å². The van der Waals surface area contributed by atoms with Crippen LogP contribution in [-0.4, -0.2) is 26.0 Å². The lowest BCUT2D eigenvalue weighted by Crippen LogP contribution is -1.99. The monoisotopic (exact) mass is 231 g/mol. The van der Waals surface area contributed by atoms with Gasteiger partial charge in [-0.25, -0.2) is 14.8 Å². The smallest absolute Gasteiger partial charge is 0.354 e. The van der Waals surface area contributed by atoms with Crippen molar-refractivity contribution < 1.29 is 9.90 Å². The molecule has 1 fully saturated rings. The van der Waals surface area contributed by atoms with E-state index in [0.29, 0.717) is 11.6 Å². The molecule has 0 unspecified atom stereocenters. The quantitative estimate of drug-likeness (QED) is 0.831. The average molecular weight is 231 g/mol. The van der Waals surface area contributed by atoms with Gasteiger partial charge in [-0.1, -0.05) is 12.8 Å². The highest BCUT2D eigenvalue weighted by molar-refractivity contribution is 5.88. The average Bonchev–Trinajstić information content (AvgIpc) is 2.96. The summed E-state index contributed by atoms with van der Waals surface area (Å²) >= 11 is 0. The first kappa shape index (κ1) is 10.3. The van der Waals surface area contributed by atoms with Crippen LogP contribution in [0.5, 0.6) is 0 Å². The second-order valence-electron chi connectivity index (χ2n) is 4.48. The summed E-state index contributed by atoms with van der Waals surface area (Å²) in [5.41, 5.74) is 1.37. The van der Waals surface area contributed by atoms with Crippen molar-refractivity contribution in [3.8, 4) is 0 Å². The SMILES string of the molecule is O=C(O)c1ccc2[nH]c(C3CCCC3)nc2n1. The third-order valence-corrected chi connectivity index (χ3v) is 3.33. The van der Waals surface area contributed by atoms with Gasteiger partial charge < -0.3 is 10.1 Å². The van der Waals surface area contributed by atoms with Crippen molar-refractivity contribution in [1.29, 1.82) is 0 Å². The Morgan fingerprint density at radius 1 is 1.29 bits per heavy atom. The minimum absolute atomic E-state index is 0.0435. The van der Waals surface area contributed by atoms with Gasteiger partial charge in [0.25, 0.3) is 0 Å². The lowest BCUT2D eigenvalue weighted by Gasteiger charge is -2.02. The number of pyridine rings is 1. The van der Waals surface area contributed by atoms with Crippen molar-refractivity contribution in [2.24, 2.45) is 0 Å². The van der Waals surface area contributed by atoms with Gasteiger partial charge >= 0.3 is 5.97 Å². The topological polar surface area (TPSA) is 78.9 Å². The van der Waals surface area contributed by atoms with Crippen LogP contribution in [0.15, 0.2) is 12.1 Å². The van der Waals surface area contributed by atoms with Crippen LogP contribution in [0.2, 0.25) is 0 Å². The molecule has 1 saturated carbocycles. The summed E-state index contributed by atoms with van der Waals surface area (Å²) in [5, 5.41) is 8.86. The Hall–Kier alpha value is -1.91. The molecule has 0 amide bonds. The van der Waals surface area contributed by atoms with Gasteiger partial charge in [0.05, 0.1) is 5.52 Å². The van der Waals surface area contributed by atoms with E-state index in [2.05, 4.69) is 15.0 Å². The molecule has 2 aromatic rings. The summed E-state index contributed by atoms with van der Waals surface area (Å²) in [4.78, 5) is 22.5. The van der Waals surface area contributed by atoms with Crippen LogP contribution in [0.3, 0.4) is 0 Å². The Bertz CT molecular complexity index is 570. The van der Waals surface area contributed by atoms with Crippen LogP contribution in [0.4, 0.5) is 0 Å². The summed E-state index contributed by atoms with van der Waals surface area (Å²) in [5.74, 6) is 0.419. The maximum atomic E-state index is 10.8. The molecule has 0 saturated heterocycles. The van der Waals surface area contributed by atoms with Crippen LogP contribution in [-0.2, 0) is 0 Å². The molecule has 88 valence electrons. The Kier molecular flexibility index (Phi) is 2.31. The lowest BCUT2D eigenvalue weighted by molar-refractivity contribution is 0.0691. The van der Waals surface area contributed by atoms with Gasteiger partial charge in [-0.15, -0.1) is 0 Å². The number of aromatic amines is 1. The third kappa shape index (κ3) is 1.77. The summed E-state index contributed by atoms with van der Waals surface area (Å²) in [6.45, 7) is 0. The van der Waals surface area contributed by atoms with Crippen LogP contribution in [0.1, 0.15) is 47.9 Å². The number of fused-ring (bicyclic) bond motifs is 1. The normalized spacial score (nSPS) is 16.7. The standard InChI is InChI=1S/C12H13N3O2/c16-12(17)9-6-5-8-11(14-9)15-10(13-8)7-3-1-2-4-7/h5-7H,1-4H2,(H,16,17)(H,13,14,15). The first-order chi connectivity index (χ1) is 8.24. The van der Waals surface area contributed by atoms with E-state index in [-0.39, 0.29) is 5.69 Å². The molecule has 3 rings (SSSR count). The largest absolute Gasteiger partial charge is 0.477 e. The molecular formula is C12H13N3O2.